The predicted octanol–water partition coefficient (Wildman–Crippen LogP) is 0.209. The van der Waals surface area contributed by atoms with Crippen molar-refractivity contribution >= 4 is 11.8 Å². The standard InChI is InChI=1S/C9H12N4O2/c1-3-15-8(14)5-13-9(11)7(4-10)6(2)12-13/h3,5,11H2,1-2H3. The van der Waals surface area contributed by atoms with Crippen molar-refractivity contribution in [3.8, 4) is 6.07 Å². The summed E-state index contributed by atoms with van der Waals surface area (Å²) in [5.41, 5.74) is 6.45. The molecule has 1 heterocycles. The zero-order valence-corrected chi connectivity index (χ0v) is 8.65. The molecule has 0 unspecified atom stereocenters. The Morgan fingerprint density at radius 1 is 1.73 bits per heavy atom. The van der Waals surface area contributed by atoms with Gasteiger partial charge in [0.2, 0.25) is 0 Å². The minimum atomic E-state index is -0.420. The van der Waals surface area contributed by atoms with Gasteiger partial charge in [-0.2, -0.15) is 10.4 Å². The van der Waals surface area contributed by atoms with Crippen LogP contribution >= 0.6 is 0 Å². The van der Waals surface area contributed by atoms with Gasteiger partial charge in [0.25, 0.3) is 0 Å². The zero-order valence-electron chi connectivity index (χ0n) is 8.65. The summed E-state index contributed by atoms with van der Waals surface area (Å²) in [6, 6.07) is 1.93. The zero-order chi connectivity index (χ0) is 11.4. The van der Waals surface area contributed by atoms with Crippen LogP contribution in [-0.4, -0.2) is 22.4 Å². The molecule has 1 aromatic heterocycles. The van der Waals surface area contributed by atoms with Crippen LogP contribution in [0, 0.1) is 18.3 Å². The van der Waals surface area contributed by atoms with Gasteiger partial charge in [0.1, 0.15) is 24.0 Å². The molecular weight excluding hydrogens is 196 g/mol. The number of nitriles is 1. The largest absolute Gasteiger partial charge is 0.465 e. The number of hydrogen-bond acceptors (Lipinski definition) is 5. The van der Waals surface area contributed by atoms with E-state index in [2.05, 4.69) is 5.10 Å². The maximum absolute atomic E-state index is 11.2. The molecule has 0 aliphatic heterocycles. The average molecular weight is 208 g/mol. The van der Waals surface area contributed by atoms with Crippen molar-refractivity contribution in [1.82, 2.24) is 9.78 Å². The summed E-state index contributed by atoms with van der Waals surface area (Å²) < 4.78 is 6.02. The lowest BCUT2D eigenvalue weighted by Gasteiger charge is -2.03. The number of rotatable bonds is 3. The van der Waals surface area contributed by atoms with Crippen LogP contribution in [0.4, 0.5) is 5.82 Å². The van der Waals surface area contributed by atoms with E-state index in [1.54, 1.807) is 13.8 Å². The first-order valence-electron chi connectivity index (χ1n) is 4.48. The van der Waals surface area contributed by atoms with E-state index < -0.39 is 5.97 Å². The molecule has 0 saturated carbocycles. The number of esters is 1. The molecule has 0 atom stereocenters. The number of aromatic nitrogens is 2. The average Bonchev–Trinajstić information content (AvgIpc) is 2.42. The van der Waals surface area contributed by atoms with Crippen molar-refractivity contribution in [3.63, 3.8) is 0 Å². The number of nitrogens with zero attached hydrogens (tertiary/aromatic N) is 3. The molecule has 6 heteroatoms. The van der Waals surface area contributed by atoms with Crippen LogP contribution in [0.2, 0.25) is 0 Å². The van der Waals surface area contributed by atoms with Gasteiger partial charge in [-0.15, -0.1) is 0 Å². The van der Waals surface area contributed by atoms with Crippen LogP contribution < -0.4 is 5.73 Å². The van der Waals surface area contributed by atoms with E-state index in [-0.39, 0.29) is 12.4 Å². The monoisotopic (exact) mass is 208 g/mol. The van der Waals surface area contributed by atoms with Crippen molar-refractivity contribution in [2.24, 2.45) is 0 Å². The van der Waals surface area contributed by atoms with E-state index in [1.807, 2.05) is 6.07 Å². The van der Waals surface area contributed by atoms with Crippen molar-refractivity contribution < 1.29 is 9.53 Å². The Balaban J connectivity index is 2.88. The summed E-state index contributed by atoms with van der Waals surface area (Å²) in [5, 5.41) is 12.7. The Hall–Kier alpha value is -2.03. The van der Waals surface area contributed by atoms with Gasteiger partial charge >= 0.3 is 5.97 Å². The summed E-state index contributed by atoms with van der Waals surface area (Å²) in [4.78, 5) is 11.2. The number of anilines is 1. The highest BCUT2D eigenvalue weighted by atomic mass is 16.5. The lowest BCUT2D eigenvalue weighted by Crippen LogP contribution is -2.16. The molecule has 0 spiro atoms. The highest BCUT2D eigenvalue weighted by molar-refractivity contribution is 5.70. The first-order chi connectivity index (χ1) is 7.10. The number of ether oxygens (including phenoxy) is 1. The van der Waals surface area contributed by atoms with Gasteiger partial charge in [0.15, 0.2) is 0 Å². The third-order valence-corrected chi connectivity index (χ3v) is 1.86. The molecule has 1 aromatic rings. The van der Waals surface area contributed by atoms with Crippen LogP contribution in [-0.2, 0) is 16.1 Å². The fraction of sp³-hybridized carbons (Fsp3) is 0.444. The van der Waals surface area contributed by atoms with Gasteiger partial charge in [-0.3, -0.25) is 4.79 Å². The topological polar surface area (TPSA) is 93.9 Å². The Labute approximate surface area is 87.2 Å². The Morgan fingerprint density at radius 2 is 2.40 bits per heavy atom. The van der Waals surface area contributed by atoms with Gasteiger partial charge in [0, 0.05) is 0 Å². The minimum absolute atomic E-state index is 0.0673. The number of aryl methyl sites for hydroxylation is 1. The van der Waals surface area contributed by atoms with E-state index in [0.717, 1.165) is 0 Å². The molecule has 0 fully saturated rings. The number of nitrogens with two attached hydrogens (primary N) is 1. The molecule has 0 radical (unpaired) electrons. The Kier molecular flexibility index (Phi) is 3.29. The third kappa shape index (κ3) is 2.26. The quantitative estimate of drug-likeness (QED) is 0.716. The van der Waals surface area contributed by atoms with E-state index in [1.165, 1.54) is 4.68 Å². The highest BCUT2D eigenvalue weighted by Gasteiger charge is 2.14. The number of carbonyl (C=O) groups excluding carboxylic acids is 1. The molecule has 80 valence electrons. The summed E-state index contributed by atoms with van der Waals surface area (Å²) in [6.07, 6.45) is 0. The Morgan fingerprint density at radius 3 is 2.87 bits per heavy atom. The van der Waals surface area contributed by atoms with Gasteiger partial charge in [-0.25, -0.2) is 4.68 Å². The smallest absolute Gasteiger partial charge is 0.327 e. The fourth-order valence-electron chi connectivity index (χ4n) is 1.19. The summed E-state index contributed by atoms with van der Waals surface area (Å²) >= 11 is 0. The van der Waals surface area contributed by atoms with E-state index >= 15 is 0 Å². The fourth-order valence-corrected chi connectivity index (χ4v) is 1.19. The molecule has 0 amide bonds. The predicted molar refractivity (Wildman–Crippen MR) is 52.7 cm³/mol. The van der Waals surface area contributed by atoms with Crippen LogP contribution in [0.1, 0.15) is 18.2 Å². The summed E-state index contributed by atoms with van der Waals surface area (Å²) in [5.74, 6) is -0.223. The summed E-state index contributed by atoms with van der Waals surface area (Å²) in [6.45, 7) is 3.62. The second kappa shape index (κ2) is 4.46. The van der Waals surface area contributed by atoms with Crippen LogP contribution in [0.25, 0.3) is 0 Å². The van der Waals surface area contributed by atoms with Gasteiger partial charge in [-0.05, 0) is 13.8 Å². The minimum Gasteiger partial charge on any atom is -0.465 e. The molecule has 1 rings (SSSR count). The lowest BCUT2D eigenvalue weighted by atomic mass is 10.3. The van der Waals surface area contributed by atoms with Crippen molar-refractivity contribution in [3.05, 3.63) is 11.3 Å². The Bertz CT molecular complexity index is 416. The van der Waals surface area contributed by atoms with Gasteiger partial charge < -0.3 is 10.5 Å². The van der Waals surface area contributed by atoms with Crippen LogP contribution in [0.15, 0.2) is 0 Å². The molecule has 0 aliphatic carbocycles. The molecule has 0 bridgehead atoms. The molecule has 0 aromatic carbocycles. The lowest BCUT2D eigenvalue weighted by molar-refractivity contribution is -0.144. The van der Waals surface area contributed by atoms with E-state index in [4.69, 9.17) is 15.7 Å². The second-order valence-electron chi connectivity index (χ2n) is 2.92. The second-order valence-corrected chi connectivity index (χ2v) is 2.92. The number of hydrogen-bond donors (Lipinski definition) is 1. The first-order valence-corrected chi connectivity index (χ1v) is 4.48. The molecule has 0 aliphatic rings. The number of carbonyl (C=O) groups is 1. The maximum Gasteiger partial charge on any atom is 0.327 e. The molecule has 6 nitrogen and oxygen atoms in total. The maximum atomic E-state index is 11.2. The SMILES string of the molecule is CCOC(=O)Cn1nc(C)c(C#N)c1N. The molecular formula is C9H12N4O2. The highest BCUT2D eigenvalue weighted by Crippen LogP contribution is 2.14. The van der Waals surface area contributed by atoms with Crippen LogP contribution in [0.5, 0.6) is 0 Å². The van der Waals surface area contributed by atoms with Crippen molar-refractivity contribution in [1.29, 1.82) is 5.26 Å². The molecule has 0 saturated heterocycles. The van der Waals surface area contributed by atoms with Crippen molar-refractivity contribution in [2.45, 2.75) is 20.4 Å². The van der Waals surface area contributed by atoms with Crippen molar-refractivity contribution in [2.75, 3.05) is 12.3 Å². The third-order valence-electron chi connectivity index (χ3n) is 1.86. The van der Waals surface area contributed by atoms with E-state index in [0.29, 0.717) is 17.9 Å². The number of nitrogen functional groups attached to an aromatic ring is 1. The summed E-state index contributed by atoms with van der Waals surface area (Å²) in [7, 11) is 0. The van der Waals surface area contributed by atoms with Gasteiger partial charge in [0.05, 0.1) is 12.3 Å². The molecule has 15 heavy (non-hydrogen) atoms. The van der Waals surface area contributed by atoms with Crippen LogP contribution in [0.3, 0.4) is 0 Å². The van der Waals surface area contributed by atoms with E-state index in [9.17, 15) is 4.79 Å². The normalized spacial score (nSPS) is 9.67. The molecule has 2 N–H and O–H groups in total. The first kappa shape index (κ1) is 11.0. The van der Waals surface area contributed by atoms with Gasteiger partial charge in [-0.1, -0.05) is 0 Å².